The summed E-state index contributed by atoms with van der Waals surface area (Å²) in [4.78, 5) is 10.6. The Balaban J connectivity index is 1.99. The molecule has 1 atom stereocenters. The topological polar surface area (TPSA) is 29.1 Å². The Bertz CT molecular complexity index is 140. The number of hydrogen-bond acceptors (Lipinski definition) is 1. The van der Waals surface area contributed by atoms with Gasteiger partial charge in [-0.3, -0.25) is 4.79 Å². The Morgan fingerprint density at radius 3 is 2.73 bits per heavy atom. The van der Waals surface area contributed by atoms with Gasteiger partial charge in [0, 0.05) is 13.0 Å². The Labute approximate surface area is 68.4 Å². The molecule has 64 valence electrons. The van der Waals surface area contributed by atoms with Crippen LogP contribution in [0.2, 0.25) is 0 Å². The van der Waals surface area contributed by atoms with Gasteiger partial charge in [0.25, 0.3) is 0 Å². The molecule has 0 heterocycles. The molecular weight excluding hydrogens is 138 g/mol. The van der Waals surface area contributed by atoms with Gasteiger partial charge in [0.2, 0.25) is 5.91 Å². The van der Waals surface area contributed by atoms with Crippen LogP contribution in [0.15, 0.2) is 0 Å². The second-order valence-corrected chi connectivity index (χ2v) is 3.62. The molecule has 1 amide bonds. The minimum Gasteiger partial charge on any atom is -0.354 e. The summed E-state index contributed by atoms with van der Waals surface area (Å²) >= 11 is 0. The van der Waals surface area contributed by atoms with Crippen molar-refractivity contribution >= 4 is 5.91 Å². The largest absolute Gasteiger partial charge is 0.354 e. The molecule has 0 aromatic carbocycles. The molecule has 2 nitrogen and oxygen atoms in total. The minimum absolute atomic E-state index is 0.0910. The molecule has 11 heavy (non-hydrogen) atoms. The van der Waals surface area contributed by atoms with Crippen molar-refractivity contribution in [1.29, 1.82) is 0 Å². The molecule has 1 aliphatic rings. The maximum absolute atomic E-state index is 10.6. The van der Waals surface area contributed by atoms with E-state index in [0.29, 0.717) is 6.04 Å². The second kappa shape index (κ2) is 3.74. The van der Waals surface area contributed by atoms with Crippen LogP contribution in [0.5, 0.6) is 0 Å². The molecule has 1 fully saturated rings. The van der Waals surface area contributed by atoms with Gasteiger partial charge in [-0.2, -0.15) is 0 Å². The summed E-state index contributed by atoms with van der Waals surface area (Å²) in [6, 6.07) is 0.369. The standard InChI is InChI=1S/C9H17NO/c1-7(10-8(2)11)3-4-9-5-6-9/h7,9H,3-6H2,1-2H3,(H,10,11). The lowest BCUT2D eigenvalue weighted by Crippen LogP contribution is -2.30. The Morgan fingerprint density at radius 2 is 2.27 bits per heavy atom. The highest BCUT2D eigenvalue weighted by atomic mass is 16.1. The third-order valence-corrected chi connectivity index (χ3v) is 2.15. The first-order chi connectivity index (χ1) is 5.18. The third kappa shape index (κ3) is 4.02. The monoisotopic (exact) mass is 155 g/mol. The summed E-state index contributed by atoms with van der Waals surface area (Å²) < 4.78 is 0. The first-order valence-corrected chi connectivity index (χ1v) is 4.45. The molecule has 0 saturated heterocycles. The van der Waals surface area contributed by atoms with E-state index in [-0.39, 0.29) is 5.91 Å². The molecule has 1 aliphatic carbocycles. The lowest BCUT2D eigenvalue weighted by atomic mass is 10.1. The van der Waals surface area contributed by atoms with Crippen LogP contribution in [-0.2, 0) is 4.79 Å². The van der Waals surface area contributed by atoms with Crippen LogP contribution in [0.3, 0.4) is 0 Å². The number of carbonyl (C=O) groups is 1. The SMILES string of the molecule is CC(=O)NC(C)CCC1CC1. The van der Waals surface area contributed by atoms with Crippen LogP contribution in [0.25, 0.3) is 0 Å². The molecule has 0 aromatic heterocycles. The Kier molecular flexibility index (Phi) is 2.92. The number of carbonyl (C=O) groups excluding carboxylic acids is 1. The van der Waals surface area contributed by atoms with Crippen molar-refractivity contribution in [3.05, 3.63) is 0 Å². The van der Waals surface area contributed by atoms with E-state index in [0.717, 1.165) is 12.3 Å². The molecule has 2 heteroatoms. The lowest BCUT2D eigenvalue weighted by molar-refractivity contribution is -0.119. The van der Waals surface area contributed by atoms with Crippen molar-refractivity contribution in [2.45, 2.75) is 45.6 Å². The lowest BCUT2D eigenvalue weighted by Gasteiger charge is -2.10. The van der Waals surface area contributed by atoms with Gasteiger partial charge in [0.05, 0.1) is 0 Å². The number of nitrogens with one attached hydrogen (secondary N) is 1. The molecule has 0 aromatic rings. The Hall–Kier alpha value is -0.530. The Morgan fingerprint density at radius 1 is 1.64 bits per heavy atom. The average Bonchev–Trinajstić information content (AvgIpc) is 2.63. The highest BCUT2D eigenvalue weighted by molar-refractivity contribution is 5.73. The van der Waals surface area contributed by atoms with E-state index >= 15 is 0 Å². The fourth-order valence-electron chi connectivity index (χ4n) is 1.31. The molecule has 0 spiro atoms. The van der Waals surface area contributed by atoms with Crippen LogP contribution in [0.4, 0.5) is 0 Å². The zero-order valence-corrected chi connectivity index (χ0v) is 7.39. The predicted octanol–water partition coefficient (Wildman–Crippen LogP) is 1.70. The fourth-order valence-corrected chi connectivity index (χ4v) is 1.31. The van der Waals surface area contributed by atoms with Gasteiger partial charge in [0.15, 0.2) is 0 Å². The summed E-state index contributed by atoms with van der Waals surface area (Å²) in [5.41, 5.74) is 0. The van der Waals surface area contributed by atoms with Crippen LogP contribution >= 0.6 is 0 Å². The molecular formula is C9H17NO. The third-order valence-electron chi connectivity index (χ3n) is 2.15. The van der Waals surface area contributed by atoms with Crippen LogP contribution in [0, 0.1) is 5.92 Å². The van der Waals surface area contributed by atoms with Gasteiger partial charge < -0.3 is 5.32 Å². The van der Waals surface area contributed by atoms with Crippen LogP contribution in [0.1, 0.15) is 39.5 Å². The molecule has 1 saturated carbocycles. The molecule has 1 unspecified atom stereocenters. The van der Waals surface area contributed by atoms with Crippen LogP contribution in [-0.4, -0.2) is 11.9 Å². The van der Waals surface area contributed by atoms with Crippen molar-refractivity contribution in [2.75, 3.05) is 0 Å². The zero-order valence-electron chi connectivity index (χ0n) is 7.39. The normalized spacial score (nSPS) is 19.5. The summed E-state index contributed by atoms with van der Waals surface area (Å²) in [5, 5.41) is 2.89. The van der Waals surface area contributed by atoms with E-state index in [1.54, 1.807) is 6.92 Å². The van der Waals surface area contributed by atoms with E-state index in [1.807, 2.05) is 0 Å². The van der Waals surface area contributed by atoms with Crippen molar-refractivity contribution in [1.82, 2.24) is 5.32 Å². The highest BCUT2D eigenvalue weighted by Crippen LogP contribution is 2.33. The van der Waals surface area contributed by atoms with E-state index in [1.165, 1.54) is 19.3 Å². The van der Waals surface area contributed by atoms with E-state index in [9.17, 15) is 4.79 Å². The first kappa shape index (κ1) is 8.57. The predicted molar refractivity (Wildman–Crippen MR) is 45.2 cm³/mol. The van der Waals surface area contributed by atoms with Gasteiger partial charge in [-0.05, 0) is 25.7 Å². The van der Waals surface area contributed by atoms with Gasteiger partial charge in [-0.25, -0.2) is 0 Å². The average molecular weight is 155 g/mol. The maximum atomic E-state index is 10.6. The summed E-state index contributed by atoms with van der Waals surface area (Å²) in [7, 11) is 0. The molecule has 1 rings (SSSR count). The molecule has 1 N–H and O–H groups in total. The van der Waals surface area contributed by atoms with Crippen molar-refractivity contribution in [2.24, 2.45) is 5.92 Å². The second-order valence-electron chi connectivity index (χ2n) is 3.62. The minimum atomic E-state index is 0.0910. The van der Waals surface area contributed by atoms with E-state index < -0.39 is 0 Å². The summed E-state index contributed by atoms with van der Waals surface area (Å²) in [6.45, 7) is 3.65. The zero-order chi connectivity index (χ0) is 8.27. The van der Waals surface area contributed by atoms with E-state index in [2.05, 4.69) is 12.2 Å². The number of rotatable bonds is 4. The van der Waals surface area contributed by atoms with Crippen LogP contribution < -0.4 is 5.32 Å². The molecule has 0 radical (unpaired) electrons. The quantitative estimate of drug-likeness (QED) is 0.657. The molecule has 0 bridgehead atoms. The summed E-state index contributed by atoms with van der Waals surface area (Å²) in [6.07, 6.45) is 5.26. The van der Waals surface area contributed by atoms with Gasteiger partial charge >= 0.3 is 0 Å². The first-order valence-electron chi connectivity index (χ1n) is 4.45. The molecule has 0 aliphatic heterocycles. The van der Waals surface area contributed by atoms with E-state index in [4.69, 9.17) is 0 Å². The van der Waals surface area contributed by atoms with Gasteiger partial charge in [0.1, 0.15) is 0 Å². The van der Waals surface area contributed by atoms with Gasteiger partial charge in [-0.15, -0.1) is 0 Å². The maximum Gasteiger partial charge on any atom is 0.217 e. The fraction of sp³-hybridized carbons (Fsp3) is 0.889. The van der Waals surface area contributed by atoms with Gasteiger partial charge in [-0.1, -0.05) is 12.8 Å². The van der Waals surface area contributed by atoms with Crippen molar-refractivity contribution in [3.63, 3.8) is 0 Å². The highest BCUT2D eigenvalue weighted by Gasteiger charge is 2.21. The number of amides is 1. The van der Waals surface area contributed by atoms with Crippen molar-refractivity contribution < 1.29 is 4.79 Å². The number of hydrogen-bond donors (Lipinski definition) is 1. The van der Waals surface area contributed by atoms with Crippen molar-refractivity contribution in [3.8, 4) is 0 Å². The smallest absolute Gasteiger partial charge is 0.217 e. The summed E-state index contributed by atoms with van der Waals surface area (Å²) in [5.74, 6) is 1.07.